The lowest BCUT2D eigenvalue weighted by Crippen LogP contribution is -2.24. The van der Waals surface area contributed by atoms with Crippen LogP contribution in [0.5, 0.6) is 0 Å². The number of nitrogens with zero attached hydrogens (tertiary/aromatic N) is 1. The number of halogens is 1. The van der Waals surface area contributed by atoms with Crippen molar-refractivity contribution in [2.75, 3.05) is 23.9 Å². The summed E-state index contributed by atoms with van der Waals surface area (Å²) in [6.07, 6.45) is 2.69. The molecule has 1 aromatic carbocycles. The van der Waals surface area contributed by atoms with Gasteiger partial charge in [-0.1, -0.05) is 0 Å². The standard InChI is InChI=1S/C14H17FN2OS/c1-19-9-12(6-7-18)16-14-5-3-10-2-4-11(15)8-13(10)17-14/h2-5,8,12,18H,6-7,9H2,1H3,(H,16,17)/t12-/m0/s1. The zero-order valence-corrected chi connectivity index (χ0v) is 11.6. The van der Waals surface area contributed by atoms with E-state index in [1.54, 1.807) is 17.8 Å². The van der Waals surface area contributed by atoms with Crippen molar-refractivity contribution < 1.29 is 9.50 Å². The van der Waals surface area contributed by atoms with E-state index in [2.05, 4.69) is 10.3 Å². The maximum absolute atomic E-state index is 13.2. The Morgan fingerprint density at radius 3 is 2.89 bits per heavy atom. The van der Waals surface area contributed by atoms with Gasteiger partial charge in [-0.15, -0.1) is 0 Å². The second kappa shape index (κ2) is 6.73. The quantitative estimate of drug-likeness (QED) is 0.854. The summed E-state index contributed by atoms with van der Waals surface area (Å²) >= 11 is 1.71. The summed E-state index contributed by atoms with van der Waals surface area (Å²) < 4.78 is 13.2. The van der Waals surface area contributed by atoms with Crippen LogP contribution >= 0.6 is 11.8 Å². The molecular weight excluding hydrogens is 263 g/mol. The summed E-state index contributed by atoms with van der Waals surface area (Å²) in [7, 11) is 0. The average molecular weight is 280 g/mol. The minimum Gasteiger partial charge on any atom is -0.396 e. The van der Waals surface area contributed by atoms with Crippen molar-refractivity contribution in [3.05, 3.63) is 36.1 Å². The smallest absolute Gasteiger partial charge is 0.126 e. The number of hydrogen-bond acceptors (Lipinski definition) is 4. The third-order valence-electron chi connectivity index (χ3n) is 2.85. The summed E-state index contributed by atoms with van der Waals surface area (Å²) in [4.78, 5) is 4.40. The lowest BCUT2D eigenvalue weighted by atomic mass is 10.2. The number of rotatable bonds is 6. The molecule has 0 amide bonds. The van der Waals surface area contributed by atoms with Crippen molar-refractivity contribution in [3.8, 4) is 0 Å². The number of pyridine rings is 1. The molecule has 102 valence electrons. The van der Waals surface area contributed by atoms with Gasteiger partial charge in [0.25, 0.3) is 0 Å². The van der Waals surface area contributed by atoms with Crippen LogP contribution in [-0.2, 0) is 0 Å². The van der Waals surface area contributed by atoms with Crippen LogP contribution in [-0.4, -0.2) is 34.7 Å². The van der Waals surface area contributed by atoms with Gasteiger partial charge in [-0.25, -0.2) is 9.37 Å². The molecule has 0 aliphatic carbocycles. The van der Waals surface area contributed by atoms with Gasteiger partial charge in [0.15, 0.2) is 0 Å². The number of fused-ring (bicyclic) bond motifs is 1. The Bertz CT molecular complexity index is 544. The predicted molar refractivity (Wildman–Crippen MR) is 79.2 cm³/mol. The molecule has 2 rings (SSSR count). The lowest BCUT2D eigenvalue weighted by molar-refractivity contribution is 0.282. The van der Waals surface area contributed by atoms with E-state index >= 15 is 0 Å². The zero-order chi connectivity index (χ0) is 13.7. The van der Waals surface area contributed by atoms with Crippen LogP contribution in [0.3, 0.4) is 0 Å². The molecule has 2 aromatic rings. The molecule has 1 heterocycles. The van der Waals surface area contributed by atoms with E-state index in [1.807, 2.05) is 18.4 Å². The molecule has 1 atom stereocenters. The van der Waals surface area contributed by atoms with Crippen LogP contribution in [0.2, 0.25) is 0 Å². The molecule has 0 unspecified atom stereocenters. The van der Waals surface area contributed by atoms with Gasteiger partial charge in [0.05, 0.1) is 5.52 Å². The minimum absolute atomic E-state index is 0.139. The number of aliphatic hydroxyl groups excluding tert-OH is 1. The molecular formula is C14H17FN2OS. The van der Waals surface area contributed by atoms with Crippen LogP contribution in [0, 0.1) is 5.82 Å². The fourth-order valence-electron chi connectivity index (χ4n) is 1.93. The van der Waals surface area contributed by atoms with Gasteiger partial charge in [-0.05, 0) is 36.9 Å². The minimum atomic E-state index is -0.284. The summed E-state index contributed by atoms with van der Waals surface area (Å²) in [5, 5.41) is 13.2. The van der Waals surface area contributed by atoms with Gasteiger partial charge in [-0.2, -0.15) is 11.8 Å². The number of nitrogens with one attached hydrogen (secondary N) is 1. The highest BCUT2D eigenvalue weighted by Gasteiger charge is 2.08. The topological polar surface area (TPSA) is 45.1 Å². The summed E-state index contributed by atoms with van der Waals surface area (Å²) in [6, 6.07) is 8.53. The molecule has 0 radical (unpaired) electrons. The molecule has 0 saturated heterocycles. The Kier molecular flexibility index (Phi) is 4.99. The normalized spacial score (nSPS) is 12.6. The van der Waals surface area contributed by atoms with Gasteiger partial charge >= 0.3 is 0 Å². The Hall–Kier alpha value is -1.33. The van der Waals surface area contributed by atoms with Crippen molar-refractivity contribution in [3.63, 3.8) is 0 Å². The van der Waals surface area contributed by atoms with E-state index in [9.17, 15) is 4.39 Å². The number of benzene rings is 1. The first-order valence-electron chi connectivity index (χ1n) is 6.15. The molecule has 0 aliphatic rings. The number of hydrogen-bond donors (Lipinski definition) is 2. The Morgan fingerprint density at radius 1 is 1.37 bits per heavy atom. The molecule has 0 fully saturated rings. The second-order valence-electron chi connectivity index (χ2n) is 4.34. The van der Waals surface area contributed by atoms with Crippen LogP contribution in [0.4, 0.5) is 10.2 Å². The van der Waals surface area contributed by atoms with Gasteiger partial charge in [0, 0.05) is 29.9 Å². The van der Waals surface area contributed by atoms with Crippen molar-refractivity contribution in [2.24, 2.45) is 0 Å². The number of thioether (sulfide) groups is 1. The lowest BCUT2D eigenvalue weighted by Gasteiger charge is -2.17. The van der Waals surface area contributed by atoms with Gasteiger partial charge in [0.1, 0.15) is 11.6 Å². The third kappa shape index (κ3) is 3.81. The Balaban J connectivity index is 2.19. The molecule has 0 aliphatic heterocycles. The van der Waals surface area contributed by atoms with E-state index in [1.165, 1.54) is 12.1 Å². The highest BCUT2D eigenvalue weighted by Crippen LogP contribution is 2.17. The fraction of sp³-hybridized carbons (Fsp3) is 0.357. The predicted octanol–water partition coefficient (Wildman–Crippen LogP) is 2.90. The van der Waals surface area contributed by atoms with E-state index in [-0.39, 0.29) is 18.5 Å². The monoisotopic (exact) mass is 280 g/mol. The van der Waals surface area contributed by atoms with E-state index < -0.39 is 0 Å². The van der Waals surface area contributed by atoms with Crippen molar-refractivity contribution in [2.45, 2.75) is 12.5 Å². The molecule has 0 saturated carbocycles. The Labute approximate surface area is 116 Å². The molecule has 0 bridgehead atoms. The van der Waals surface area contributed by atoms with E-state index in [4.69, 9.17) is 5.11 Å². The molecule has 2 N–H and O–H groups in total. The van der Waals surface area contributed by atoms with Crippen molar-refractivity contribution >= 4 is 28.5 Å². The van der Waals surface area contributed by atoms with Gasteiger partial charge in [0.2, 0.25) is 0 Å². The molecule has 19 heavy (non-hydrogen) atoms. The number of anilines is 1. The maximum atomic E-state index is 13.2. The van der Waals surface area contributed by atoms with Crippen molar-refractivity contribution in [1.29, 1.82) is 0 Å². The molecule has 0 spiro atoms. The van der Waals surface area contributed by atoms with Crippen LogP contribution in [0.1, 0.15) is 6.42 Å². The molecule has 1 aromatic heterocycles. The van der Waals surface area contributed by atoms with E-state index in [0.717, 1.165) is 11.1 Å². The summed E-state index contributed by atoms with van der Waals surface area (Å²) in [5.41, 5.74) is 0.636. The van der Waals surface area contributed by atoms with Crippen LogP contribution in [0.15, 0.2) is 30.3 Å². The van der Waals surface area contributed by atoms with Gasteiger partial charge < -0.3 is 10.4 Å². The van der Waals surface area contributed by atoms with Crippen LogP contribution < -0.4 is 5.32 Å². The summed E-state index contributed by atoms with van der Waals surface area (Å²) in [5.74, 6) is 1.32. The highest BCUT2D eigenvalue weighted by molar-refractivity contribution is 7.98. The third-order valence-corrected chi connectivity index (χ3v) is 3.59. The number of aromatic nitrogens is 1. The largest absolute Gasteiger partial charge is 0.396 e. The molecule has 3 nitrogen and oxygen atoms in total. The first kappa shape index (κ1) is 14.1. The van der Waals surface area contributed by atoms with E-state index in [0.29, 0.717) is 17.8 Å². The van der Waals surface area contributed by atoms with Crippen molar-refractivity contribution in [1.82, 2.24) is 4.98 Å². The molecule has 5 heteroatoms. The highest BCUT2D eigenvalue weighted by atomic mass is 32.2. The van der Waals surface area contributed by atoms with Crippen LogP contribution in [0.25, 0.3) is 10.9 Å². The number of aliphatic hydroxyl groups is 1. The summed E-state index contributed by atoms with van der Waals surface area (Å²) in [6.45, 7) is 0.139. The maximum Gasteiger partial charge on any atom is 0.126 e. The first-order chi connectivity index (χ1) is 9.22. The first-order valence-corrected chi connectivity index (χ1v) is 7.55. The fourth-order valence-corrected chi connectivity index (χ4v) is 2.59. The zero-order valence-electron chi connectivity index (χ0n) is 10.8. The van der Waals surface area contributed by atoms with Gasteiger partial charge in [-0.3, -0.25) is 0 Å². The average Bonchev–Trinajstić information content (AvgIpc) is 2.39. The second-order valence-corrected chi connectivity index (χ2v) is 5.25. The SMILES string of the molecule is CSC[C@H](CCO)Nc1ccc2ccc(F)cc2n1. The Morgan fingerprint density at radius 2 is 2.16 bits per heavy atom.